The second kappa shape index (κ2) is 5.97. The second-order valence-electron chi connectivity index (χ2n) is 4.54. The zero-order chi connectivity index (χ0) is 15.8. The van der Waals surface area contributed by atoms with E-state index in [1.807, 2.05) is 22.9 Å². The van der Waals surface area contributed by atoms with Gasteiger partial charge in [-0.05, 0) is 29.1 Å². The minimum atomic E-state index is -0.197. The molecule has 0 aliphatic carbocycles. The Balaban J connectivity index is 1.85. The molecule has 0 atom stereocenters. The maximum atomic E-state index is 12.5. The van der Waals surface area contributed by atoms with Crippen LogP contribution < -0.4 is 5.56 Å². The Bertz CT molecular complexity index is 1050. The Morgan fingerprint density at radius 2 is 2.22 bits per heavy atom. The molecule has 0 amide bonds. The van der Waals surface area contributed by atoms with Crippen molar-refractivity contribution in [3.63, 3.8) is 0 Å². The van der Waals surface area contributed by atoms with Gasteiger partial charge in [-0.3, -0.25) is 4.79 Å². The van der Waals surface area contributed by atoms with E-state index in [-0.39, 0.29) is 5.56 Å². The van der Waals surface area contributed by atoms with E-state index < -0.39 is 0 Å². The van der Waals surface area contributed by atoms with Gasteiger partial charge in [0.25, 0.3) is 5.56 Å². The first-order valence-corrected chi connectivity index (χ1v) is 9.40. The van der Waals surface area contributed by atoms with E-state index in [2.05, 4.69) is 19.6 Å². The number of nitrogens with one attached hydrogen (secondary N) is 1. The van der Waals surface area contributed by atoms with Crippen LogP contribution in [-0.2, 0) is 0 Å². The third-order valence-electron chi connectivity index (χ3n) is 3.11. The van der Waals surface area contributed by atoms with Crippen LogP contribution >= 0.6 is 45.8 Å². The predicted molar refractivity (Wildman–Crippen MR) is 97.2 cm³/mol. The summed E-state index contributed by atoms with van der Waals surface area (Å²) in [5, 5.41) is 10.5. The Morgan fingerprint density at radius 1 is 1.30 bits per heavy atom. The van der Waals surface area contributed by atoms with Gasteiger partial charge in [0.2, 0.25) is 0 Å². The average molecular weight is 379 g/mol. The summed E-state index contributed by atoms with van der Waals surface area (Å²) in [6, 6.07) is 3.95. The zero-order valence-electron chi connectivity index (χ0n) is 11.3. The minimum absolute atomic E-state index is 0.197. The van der Waals surface area contributed by atoms with Crippen LogP contribution in [0.15, 0.2) is 33.1 Å². The zero-order valence-corrected chi connectivity index (χ0v) is 14.5. The summed E-state index contributed by atoms with van der Waals surface area (Å²) >= 11 is 10.5. The fraction of sp³-hybridized carbons (Fsp3) is 0. The van der Waals surface area contributed by atoms with Crippen molar-refractivity contribution in [3.05, 3.63) is 50.1 Å². The van der Waals surface area contributed by atoms with E-state index in [0.29, 0.717) is 26.8 Å². The van der Waals surface area contributed by atoms with E-state index in [1.165, 1.54) is 22.9 Å². The van der Waals surface area contributed by atoms with Gasteiger partial charge in [-0.15, -0.1) is 27.8 Å². The van der Waals surface area contributed by atoms with Crippen LogP contribution in [-0.4, -0.2) is 19.6 Å². The van der Waals surface area contributed by atoms with E-state index >= 15 is 0 Å². The predicted octanol–water partition coefficient (Wildman–Crippen LogP) is 4.30. The molecule has 0 aromatic carbocycles. The van der Waals surface area contributed by atoms with Crippen LogP contribution in [0.2, 0.25) is 0 Å². The molecule has 0 aliphatic rings. The molecule has 5 nitrogen and oxygen atoms in total. The first-order valence-electron chi connectivity index (χ1n) is 6.42. The standard InChI is InChI=1S/C14H7ClN4OS3/c15-9(4-7-5-23-19-18-7)12-16-13(20)11-8(6-22-14(11)17-12)10-2-1-3-21-10/h1-6H,(H,16,17,20)/b9-4-. The molecule has 4 rings (SSSR count). The molecule has 4 heterocycles. The molecular formula is C14H7ClN4OS3. The van der Waals surface area contributed by atoms with Crippen molar-refractivity contribution >= 4 is 67.1 Å². The topological polar surface area (TPSA) is 71.5 Å². The van der Waals surface area contributed by atoms with Crippen LogP contribution in [0.3, 0.4) is 0 Å². The molecule has 9 heteroatoms. The number of rotatable bonds is 3. The van der Waals surface area contributed by atoms with Crippen molar-refractivity contribution in [2.45, 2.75) is 0 Å². The molecule has 0 spiro atoms. The Morgan fingerprint density at radius 3 is 2.96 bits per heavy atom. The summed E-state index contributed by atoms with van der Waals surface area (Å²) in [5.41, 5.74) is 1.34. The minimum Gasteiger partial charge on any atom is -0.305 e. The highest BCUT2D eigenvalue weighted by Gasteiger charge is 2.14. The molecule has 0 saturated heterocycles. The Labute approximate surface area is 147 Å². The normalized spacial score (nSPS) is 12.1. The fourth-order valence-corrected chi connectivity index (χ4v) is 4.48. The fourth-order valence-electron chi connectivity index (χ4n) is 2.11. The number of thiophene rings is 2. The van der Waals surface area contributed by atoms with Gasteiger partial charge >= 0.3 is 0 Å². The van der Waals surface area contributed by atoms with Crippen molar-refractivity contribution in [1.82, 2.24) is 19.6 Å². The van der Waals surface area contributed by atoms with Crippen molar-refractivity contribution in [2.24, 2.45) is 0 Å². The average Bonchev–Trinajstić information content (AvgIpc) is 3.27. The summed E-state index contributed by atoms with van der Waals surface area (Å²) in [4.78, 5) is 21.4. The first kappa shape index (κ1) is 14.7. The number of aromatic nitrogens is 4. The lowest BCUT2D eigenvalue weighted by molar-refractivity contribution is 1.13. The van der Waals surface area contributed by atoms with Crippen LogP contribution in [0.4, 0.5) is 0 Å². The highest BCUT2D eigenvalue weighted by atomic mass is 35.5. The molecule has 0 aliphatic heterocycles. The van der Waals surface area contributed by atoms with Crippen molar-refractivity contribution in [3.8, 4) is 10.4 Å². The van der Waals surface area contributed by atoms with E-state index in [4.69, 9.17) is 11.6 Å². The molecule has 1 N–H and O–H groups in total. The second-order valence-corrected chi connectivity index (χ2v) is 7.37. The van der Waals surface area contributed by atoms with Crippen molar-refractivity contribution < 1.29 is 0 Å². The number of fused-ring (bicyclic) bond motifs is 1. The van der Waals surface area contributed by atoms with Gasteiger partial charge in [-0.2, -0.15) is 0 Å². The van der Waals surface area contributed by atoms with E-state index in [9.17, 15) is 4.79 Å². The summed E-state index contributed by atoms with van der Waals surface area (Å²) < 4.78 is 3.77. The lowest BCUT2D eigenvalue weighted by Gasteiger charge is -1.99. The molecule has 114 valence electrons. The van der Waals surface area contributed by atoms with Gasteiger partial charge in [0.15, 0.2) is 5.82 Å². The van der Waals surface area contributed by atoms with E-state index in [1.54, 1.807) is 22.8 Å². The number of nitrogens with zero attached hydrogens (tertiary/aromatic N) is 3. The molecule has 4 aromatic heterocycles. The summed E-state index contributed by atoms with van der Waals surface area (Å²) in [6.07, 6.45) is 1.63. The summed E-state index contributed by atoms with van der Waals surface area (Å²) in [7, 11) is 0. The summed E-state index contributed by atoms with van der Waals surface area (Å²) in [5.74, 6) is 0.330. The number of H-pyrrole nitrogens is 1. The van der Waals surface area contributed by atoms with Gasteiger partial charge in [-0.1, -0.05) is 22.2 Å². The number of aromatic amines is 1. The van der Waals surface area contributed by atoms with Gasteiger partial charge < -0.3 is 4.98 Å². The highest BCUT2D eigenvalue weighted by Crippen LogP contribution is 2.34. The smallest absolute Gasteiger partial charge is 0.260 e. The van der Waals surface area contributed by atoms with Gasteiger partial charge in [0.1, 0.15) is 4.83 Å². The monoisotopic (exact) mass is 378 g/mol. The summed E-state index contributed by atoms with van der Waals surface area (Å²) in [6.45, 7) is 0. The molecule has 23 heavy (non-hydrogen) atoms. The largest absolute Gasteiger partial charge is 0.305 e. The van der Waals surface area contributed by atoms with Gasteiger partial charge in [0.05, 0.1) is 16.1 Å². The van der Waals surface area contributed by atoms with Crippen molar-refractivity contribution in [1.29, 1.82) is 0 Å². The molecule has 0 bridgehead atoms. The Kier molecular flexibility index (Phi) is 3.82. The maximum Gasteiger partial charge on any atom is 0.260 e. The van der Waals surface area contributed by atoms with E-state index in [0.717, 1.165) is 10.4 Å². The Hall–Kier alpha value is -1.87. The van der Waals surface area contributed by atoms with Crippen LogP contribution in [0.1, 0.15) is 11.5 Å². The maximum absolute atomic E-state index is 12.5. The number of hydrogen-bond acceptors (Lipinski definition) is 7. The van der Waals surface area contributed by atoms with Crippen LogP contribution in [0, 0.1) is 0 Å². The molecular weight excluding hydrogens is 372 g/mol. The lowest BCUT2D eigenvalue weighted by atomic mass is 10.2. The van der Waals surface area contributed by atoms with Gasteiger partial charge in [-0.25, -0.2) is 4.98 Å². The highest BCUT2D eigenvalue weighted by molar-refractivity contribution is 7.18. The SMILES string of the molecule is O=c1[nH]c(/C(Cl)=C/c2csnn2)nc2scc(-c3cccs3)c12. The number of hydrogen-bond donors (Lipinski definition) is 1. The van der Waals surface area contributed by atoms with Gasteiger partial charge in [0, 0.05) is 21.2 Å². The van der Waals surface area contributed by atoms with Crippen LogP contribution in [0.25, 0.3) is 31.8 Å². The number of halogens is 1. The quantitative estimate of drug-likeness (QED) is 0.576. The molecule has 4 aromatic rings. The third-order valence-corrected chi connectivity index (χ3v) is 5.69. The lowest BCUT2D eigenvalue weighted by Crippen LogP contribution is -2.10. The van der Waals surface area contributed by atoms with Crippen molar-refractivity contribution in [2.75, 3.05) is 0 Å². The third kappa shape index (κ3) is 2.74. The first-order chi connectivity index (χ1) is 11.2. The molecule has 0 fully saturated rings. The molecule has 0 saturated carbocycles. The molecule has 0 unspecified atom stereocenters. The molecule has 0 radical (unpaired) electrons. The van der Waals surface area contributed by atoms with Crippen LogP contribution in [0.5, 0.6) is 0 Å².